The van der Waals surface area contributed by atoms with Gasteiger partial charge in [0.1, 0.15) is 11.4 Å². The van der Waals surface area contributed by atoms with Crippen molar-refractivity contribution in [3.8, 4) is 5.75 Å². The van der Waals surface area contributed by atoms with Gasteiger partial charge in [0.2, 0.25) is 0 Å². The maximum absolute atomic E-state index is 11.2. The predicted molar refractivity (Wildman–Crippen MR) is 121 cm³/mol. The summed E-state index contributed by atoms with van der Waals surface area (Å²) >= 11 is 0. The fourth-order valence-electron chi connectivity index (χ4n) is 4.55. The van der Waals surface area contributed by atoms with Crippen LogP contribution in [0.5, 0.6) is 5.75 Å². The molecule has 1 atom stereocenters. The van der Waals surface area contributed by atoms with E-state index >= 15 is 0 Å². The molecule has 1 fully saturated rings. The van der Waals surface area contributed by atoms with Crippen molar-refractivity contribution in [1.82, 2.24) is 4.98 Å². The van der Waals surface area contributed by atoms with Crippen molar-refractivity contribution in [3.63, 3.8) is 0 Å². The number of piperidine rings is 1. The molecule has 1 aliphatic heterocycles. The summed E-state index contributed by atoms with van der Waals surface area (Å²) in [5.41, 5.74) is 4.22. The zero-order chi connectivity index (χ0) is 21.4. The van der Waals surface area contributed by atoms with Crippen molar-refractivity contribution < 1.29 is 10.0 Å². The van der Waals surface area contributed by atoms with Crippen LogP contribution in [0.3, 0.4) is 0 Å². The molecule has 1 aliphatic rings. The second kappa shape index (κ2) is 8.10. The Bertz CT molecular complexity index is 787. The van der Waals surface area contributed by atoms with Crippen LogP contribution in [0.15, 0.2) is 36.5 Å². The van der Waals surface area contributed by atoms with Crippen molar-refractivity contribution in [3.05, 3.63) is 58.9 Å². The van der Waals surface area contributed by atoms with Crippen LogP contribution in [0.2, 0.25) is 0 Å². The average molecular weight is 396 g/mol. The van der Waals surface area contributed by atoms with E-state index in [1.165, 1.54) is 31.5 Å². The summed E-state index contributed by atoms with van der Waals surface area (Å²) in [6.07, 6.45) is 4.42. The molecule has 1 saturated heterocycles. The smallest absolute Gasteiger partial charge is 0.156 e. The van der Waals surface area contributed by atoms with E-state index in [0.717, 1.165) is 22.7 Å². The molecule has 1 aromatic carbocycles. The zero-order valence-electron chi connectivity index (χ0n) is 19.3. The molecule has 0 aliphatic carbocycles. The average Bonchev–Trinajstić information content (AvgIpc) is 2.63. The number of aromatic hydroxyl groups is 1. The maximum atomic E-state index is 11.2. The summed E-state index contributed by atoms with van der Waals surface area (Å²) in [5, 5.41) is 11.2. The Morgan fingerprint density at radius 1 is 0.966 bits per heavy atom. The van der Waals surface area contributed by atoms with Crippen LogP contribution in [0, 0.1) is 5.92 Å². The molecule has 0 saturated carbocycles. The quantitative estimate of drug-likeness (QED) is 0.784. The summed E-state index contributed by atoms with van der Waals surface area (Å²) in [6.45, 7) is 17.8. The van der Waals surface area contributed by atoms with Gasteiger partial charge in [-0.2, -0.15) is 0 Å². The van der Waals surface area contributed by atoms with Gasteiger partial charge in [-0.3, -0.25) is 4.98 Å². The first-order valence-corrected chi connectivity index (χ1v) is 11.1. The van der Waals surface area contributed by atoms with Gasteiger partial charge in [0.15, 0.2) is 6.04 Å². The highest BCUT2D eigenvalue weighted by atomic mass is 16.3. The van der Waals surface area contributed by atoms with Crippen LogP contribution in [-0.2, 0) is 10.8 Å². The Morgan fingerprint density at radius 2 is 1.52 bits per heavy atom. The molecule has 1 aromatic heterocycles. The van der Waals surface area contributed by atoms with Gasteiger partial charge in [0.25, 0.3) is 0 Å². The number of aromatic nitrogens is 1. The van der Waals surface area contributed by atoms with E-state index in [1.54, 1.807) is 4.90 Å². The number of likely N-dealkylation sites (tertiary alicyclic amines) is 1. The normalized spacial score (nSPS) is 21.8. The number of phenolic OH excluding ortho intramolecular Hbond substituents is 1. The first-order chi connectivity index (χ1) is 13.5. The fourth-order valence-corrected chi connectivity index (χ4v) is 4.55. The van der Waals surface area contributed by atoms with Crippen molar-refractivity contribution in [2.24, 2.45) is 5.92 Å². The maximum Gasteiger partial charge on any atom is 0.156 e. The molecule has 29 heavy (non-hydrogen) atoms. The zero-order valence-corrected chi connectivity index (χ0v) is 19.3. The minimum Gasteiger partial charge on any atom is -0.507 e. The van der Waals surface area contributed by atoms with Crippen molar-refractivity contribution in [2.75, 3.05) is 13.1 Å². The van der Waals surface area contributed by atoms with E-state index in [0.29, 0.717) is 5.75 Å². The van der Waals surface area contributed by atoms with Gasteiger partial charge in [-0.15, -0.1) is 0 Å². The molecule has 0 radical (unpaired) electrons. The lowest BCUT2D eigenvalue weighted by molar-refractivity contribution is -0.931. The summed E-state index contributed by atoms with van der Waals surface area (Å²) in [6, 6.07) is 10.9. The second-order valence-electron chi connectivity index (χ2n) is 11.0. The predicted octanol–water partition coefficient (Wildman–Crippen LogP) is 4.79. The highest BCUT2D eigenvalue weighted by Crippen LogP contribution is 2.41. The molecule has 0 amide bonds. The van der Waals surface area contributed by atoms with E-state index in [9.17, 15) is 5.11 Å². The molecular formula is C26H39N2O+. The van der Waals surface area contributed by atoms with Gasteiger partial charge >= 0.3 is 0 Å². The van der Waals surface area contributed by atoms with Gasteiger partial charge in [0, 0.05) is 22.9 Å². The number of quaternary nitrogens is 1. The SMILES string of the molecule is CC1CC[NH+]([C@@H](c2cc(C(C)(C)C)c(O)c(C(C)(C)C)c2)c2ccccn2)CC1. The van der Waals surface area contributed by atoms with Gasteiger partial charge in [-0.1, -0.05) is 54.5 Å². The van der Waals surface area contributed by atoms with E-state index < -0.39 is 0 Å². The van der Waals surface area contributed by atoms with Crippen LogP contribution in [0.1, 0.15) is 89.7 Å². The third-order valence-electron chi connectivity index (χ3n) is 6.39. The number of pyridine rings is 1. The Hall–Kier alpha value is -1.87. The lowest BCUT2D eigenvalue weighted by Gasteiger charge is -2.35. The van der Waals surface area contributed by atoms with E-state index in [2.05, 4.69) is 72.7 Å². The highest BCUT2D eigenvalue weighted by molar-refractivity contribution is 5.51. The van der Waals surface area contributed by atoms with Crippen molar-refractivity contribution in [2.45, 2.75) is 78.2 Å². The number of rotatable bonds is 3. The van der Waals surface area contributed by atoms with E-state index in [-0.39, 0.29) is 16.9 Å². The molecule has 0 spiro atoms. The van der Waals surface area contributed by atoms with Gasteiger partial charge in [0.05, 0.1) is 13.1 Å². The van der Waals surface area contributed by atoms with Crippen LogP contribution in [-0.4, -0.2) is 23.2 Å². The Labute approximate surface area is 177 Å². The van der Waals surface area contributed by atoms with Crippen LogP contribution < -0.4 is 4.90 Å². The number of hydrogen-bond acceptors (Lipinski definition) is 2. The number of benzene rings is 1. The molecule has 3 nitrogen and oxygen atoms in total. The number of hydrogen-bond donors (Lipinski definition) is 2. The summed E-state index contributed by atoms with van der Waals surface area (Å²) in [7, 11) is 0. The van der Waals surface area contributed by atoms with E-state index in [1.807, 2.05) is 12.3 Å². The standard InChI is InChI=1S/C26H38N2O/c1-18-11-14-28(15-12-18)23(22-10-8-9-13-27-22)19-16-20(25(2,3)4)24(29)21(17-19)26(5,6)7/h8-10,13,16-18,23,29H,11-12,14-15H2,1-7H3/p+1/t23-/m0/s1. The molecule has 158 valence electrons. The van der Waals surface area contributed by atoms with Gasteiger partial charge in [-0.05, 0) is 53.9 Å². The Balaban J connectivity index is 2.19. The third kappa shape index (κ3) is 4.83. The van der Waals surface area contributed by atoms with Gasteiger partial charge in [-0.25, -0.2) is 0 Å². The molecule has 0 unspecified atom stereocenters. The lowest BCUT2D eigenvalue weighted by Crippen LogP contribution is -3.13. The Morgan fingerprint density at radius 3 is 1.97 bits per heavy atom. The third-order valence-corrected chi connectivity index (χ3v) is 6.39. The molecule has 3 heteroatoms. The monoisotopic (exact) mass is 395 g/mol. The molecule has 2 heterocycles. The van der Waals surface area contributed by atoms with Crippen LogP contribution in [0.25, 0.3) is 0 Å². The second-order valence-corrected chi connectivity index (χ2v) is 11.0. The number of nitrogens with zero attached hydrogens (tertiary/aromatic N) is 1. The number of phenols is 1. The molecular weight excluding hydrogens is 356 g/mol. The molecule has 2 N–H and O–H groups in total. The first kappa shape index (κ1) is 21.8. The first-order valence-electron chi connectivity index (χ1n) is 11.1. The highest BCUT2D eigenvalue weighted by Gasteiger charge is 2.34. The molecule has 0 bridgehead atoms. The summed E-state index contributed by atoms with van der Waals surface area (Å²) < 4.78 is 0. The van der Waals surface area contributed by atoms with Crippen LogP contribution in [0.4, 0.5) is 0 Å². The van der Waals surface area contributed by atoms with Crippen molar-refractivity contribution in [1.29, 1.82) is 0 Å². The minimum absolute atomic E-state index is 0.124. The summed E-state index contributed by atoms with van der Waals surface area (Å²) in [4.78, 5) is 6.36. The van der Waals surface area contributed by atoms with E-state index in [4.69, 9.17) is 4.98 Å². The largest absolute Gasteiger partial charge is 0.507 e. The fraction of sp³-hybridized carbons (Fsp3) is 0.577. The lowest BCUT2D eigenvalue weighted by atomic mass is 9.77. The number of nitrogens with one attached hydrogen (secondary N) is 1. The van der Waals surface area contributed by atoms with Gasteiger partial charge < -0.3 is 10.0 Å². The summed E-state index contributed by atoms with van der Waals surface area (Å²) in [5.74, 6) is 1.26. The van der Waals surface area contributed by atoms with Crippen molar-refractivity contribution >= 4 is 0 Å². The molecule has 3 rings (SSSR count). The molecule has 2 aromatic rings. The minimum atomic E-state index is -0.124. The Kier molecular flexibility index (Phi) is 6.10. The van der Waals surface area contributed by atoms with Crippen LogP contribution >= 0.6 is 0 Å². The topological polar surface area (TPSA) is 37.6 Å².